The normalized spacial score (nSPS) is 19.1. The number of nitrogens with one attached hydrogen (secondary N) is 1. The Morgan fingerprint density at radius 2 is 2.17 bits per heavy atom. The van der Waals surface area contributed by atoms with Gasteiger partial charge in [-0.15, -0.1) is 0 Å². The standard InChI is InChI=1S/C9H18N2O/c1-3-12-9(2)8-11-6-4-10-5-7-11/h10H,2-8H2,1H3. The third-order valence-corrected chi connectivity index (χ3v) is 1.96. The molecule has 70 valence electrons. The highest BCUT2D eigenvalue weighted by molar-refractivity contribution is 4.87. The van der Waals surface area contributed by atoms with Crippen molar-refractivity contribution in [1.82, 2.24) is 10.2 Å². The molecule has 0 radical (unpaired) electrons. The molecule has 0 bridgehead atoms. The van der Waals surface area contributed by atoms with Gasteiger partial charge in [0.1, 0.15) is 5.76 Å². The maximum atomic E-state index is 5.29. The van der Waals surface area contributed by atoms with Crippen LogP contribution in [0.2, 0.25) is 0 Å². The summed E-state index contributed by atoms with van der Waals surface area (Å²) >= 11 is 0. The van der Waals surface area contributed by atoms with Crippen molar-refractivity contribution in [3.63, 3.8) is 0 Å². The second-order valence-corrected chi connectivity index (χ2v) is 3.00. The molecule has 0 unspecified atom stereocenters. The van der Waals surface area contributed by atoms with Gasteiger partial charge in [0.05, 0.1) is 13.2 Å². The molecule has 1 saturated heterocycles. The van der Waals surface area contributed by atoms with Gasteiger partial charge in [-0.3, -0.25) is 4.90 Å². The average molecular weight is 170 g/mol. The van der Waals surface area contributed by atoms with E-state index in [1.54, 1.807) is 0 Å². The number of rotatable bonds is 4. The van der Waals surface area contributed by atoms with E-state index in [1.165, 1.54) is 0 Å². The van der Waals surface area contributed by atoms with E-state index in [2.05, 4.69) is 16.8 Å². The first-order chi connectivity index (χ1) is 5.83. The zero-order valence-corrected chi connectivity index (χ0v) is 7.81. The highest BCUT2D eigenvalue weighted by atomic mass is 16.5. The van der Waals surface area contributed by atoms with Crippen molar-refractivity contribution in [1.29, 1.82) is 0 Å². The van der Waals surface area contributed by atoms with Crippen LogP contribution in [0.3, 0.4) is 0 Å². The van der Waals surface area contributed by atoms with E-state index >= 15 is 0 Å². The molecule has 0 atom stereocenters. The summed E-state index contributed by atoms with van der Waals surface area (Å²) in [5, 5.41) is 3.31. The van der Waals surface area contributed by atoms with Gasteiger partial charge < -0.3 is 10.1 Å². The summed E-state index contributed by atoms with van der Waals surface area (Å²) in [7, 11) is 0. The molecule has 1 rings (SSSR count). The highest BCUT2D eigenvalue weighted by Gasteiger charge is 2.10. The molecule has 1 heterocycles. The smallest absolute Gasteiger partial charge is 0.103 e. The zero-order valence-electron chi connectivity index (χ0n) is 7.81. The van der Waals surface area contributed by atoms with Crippen LogP contribution in [0.5, 0.6) is 0 Å². The molecular formula is C9H18N2O. The maximum Gasteiger partial charge on any atom is 0.103 e. The fourth-order valence-corrected chi connectivity index (χ4v) is 1.37. The molecule has 0 aliphatic carbocycles. The lowest BCUT2D eigenvalue weighted by Gasteiger charge is -2.27. The van der Waals surface area contributed by atoms with Crippen molar-refractivity contribution in [2.45, 2.75) is 6.92 Å². The molecular weight excluding hydrogens is 152 g/mol. The number of ether oxygens (including phenoxy) is 1. The van der Waals surface area contributed by atoms with Crippen LogP contribution in [0.15, 0.2) is 12.3 Å². The van der Waals surface area contributed by atoms with E-state index in [1.807, 2.05) is 6.92 Å². The Labute approximate surface area is 74.4 Å². The molecule has 1 aliphatic rings. The van der Waals surface area contributed by atoms with Gasteiger partial charge in [0, 0.05) is 26.2 Å². The van der Waals surface area contributed by atoms with Gasteiger partial charge in [0.2, 0.25) is 0 Å². The van der Waals surface area contributed by atoms with Crippen LogP contribution >= 0.6 is 0 Å². The Balaban J connectivity index is 2.15. The predicted octanol–water partition coefficient (Wildman–Crippen LogP) is 0.442. The average Bonchev–Trinajstić information content (AvgIpc) is 2.06. The molecule has 1 fully saturated rings. The van der Waals surface area contributed by atoms with E-state index in [9.17, 15) is 0 Å². The van der Waals surface area contributed by atoms with Crippen molar-refractivity contribution < 1.29 is 4.74 Å². The minimum absolute atomic E-state index is 0.727. The molecule has 0 aromatic rings. The summed E-state index contributed by atoms with van der Waals surface area (Å²) in [6.45, 7) is 11.8. The molecule has 0 spiro atoms. The summed E-state index contributed by atoms with van der Waals surface area (Å²) in [5.41, 5.74) is 0. The second kappa shape index (κ2) is 5.17. The van der Waals surface area contributed by atoms with E-state index in [4.69, 9.17) is 4.74 Å². The minimum Gasteiger partial charge on any atom is -0.497 e. The van der Waals surface area contributed by atoms with E-state index in [0.717, 1.165) is 45.1 Å². The molecule has 1 N–H and O–H groups in total. The zero-order chi connectivity index (χ0) is 8.81. The first-order valence-electron chi connectivity index (χ1n) is 4.56. The van der Waals surface area contributed by atoms with Gasteiger partial charge >= 0.3 is 0 Å². The Kier molecular flexibility index (Phi) is 4.11. The van der Waals surface area contributed by atoms with Crippen molar-refractivity contribution in [3.8, 4) is 0 Å². The van der Waals surface area contributed by atoms with Gasteiger partial charge in [-0.05, 0) is 6.92 Å². The summed E-state index contributed by atoms with van der Waals surface area (Å²) in [6.07, 6.45) is 0. The fraction of sp³-hybridized carbons (Fsp3) is 0.778. The third kappa shape index (κ3) is 3.24. The van der Waals surface area contributed by atoms with E-state index in [-0.39, 0.29) is 0 Å². The summed E-state index contributed by atoms with van der Waals surface area (Å²) < 4.78 is 5.29. The van der Waals surface area contributed by atoms with Crippen LogP contribution < -0.4 is 5.32 Å². The SMILES string of the molecule is C=C(CN1CCNCC1)OCC. The quantitative estimate of drug-likeness (QED) is 0.620. The minimum atomic E-state index is 0.727. The lowest BCUT2D eigenvalue weighted by atomic mass is 10.3. The monoisotopic (exact) mass is 170 g/mol. The lowest BCUT2D eigenvalue weighted by Crippen LogP contribution is -2.44. The Hall–Kier alpha value is -0.540. The highest BCUT2D eigenvalue weighted by Crippen LogP contribution is 1.99. The molecule has 1 aliphatic heterocycles. The molecule has 3 nitrogen and oxygen atoms in total. The molecule has 0 aromatic heterocycles. The number of nitrogens with zero attached hydrogens (tertiary/aromatic N) is 1. The predicted molar refractivity (Wildman–Crippen MR) is 50.1 cm³/mol. The van der Waals surface area contributed by atoms with E-state index in [0.29, 0.717) is 0 Å². The van der Waals surface area contributed by atoms with Crippen LogP contribution in [0.4, 0.5) is 0 Å². The van der Waals surface area contributed by atoms with Crippen molar-refractivity contribution in [3.05, 3.63) is 12.3 Å². The number of hydrogen-bond acceptors (Lipinski definition) is 3. The van der Waals surface area contributed by atoms with Crippen LogP contribution in [0.1, 0.15) is 6.92 Å². The number of piperazine rings is 1. The van der Waals surface area contributed by atoms with Crippen molar-refractivity contribution >= 4 is 0 Å². The van der Waals surface area contributed by atoms with Crippen LogP contribution in [-0.4, -0.2) is 44.2 Å². The van der Waals surface area contributed by atoms with E-state index < -0.39 is 0 Å². The first-order valence-corrected chi connectivity index (χ1v) is 4.56. The third-order valence-electron chi connectivity index (χ3n) is 1.96. The summed E-state index contributed by atoms with van der Waals surface area (Å²) in [4.78, 5) is 2.36. The Morgan fingerprint density at radius 3 is 2.75 bits per heavy atom. The Morgan fingerprint density at radius 1 is 1.50 bits per heavy atom. The van der Waals surface area contributed by atoms with Crippen molar-refractivity contribution in [2.75, 3.05) is 39.3 Å². The van der Waals surface area contributed by atoms with Gasteiger partial charge in [0.25, 0.3) is 0 Å². The lowest BCUT2D eigenvalue weighted by molar-refractivity contribution is 0.171. The van der Waals surface area contributed by atoms with Gasteiger partial charge in [0.15, 0.2) is 0 Å². The largest absolute Gasteiger partial charge is 0.497 e. The summed E-state index contributed by atoms with van der Waals surface area (Å²) in [6, 6.07) is 0. The topological polar surface area (TPSA) is 24.5 Å². The second-order valence-electron chi connectivity index (χ2n) is 3.00. The molecule has 3 heteroatoms. The number of hydrogen-bond donors (Lipinski definition) is 1. The van der Waals surface area contributed by atoms with Crippen LogP contribution in [-0.2, 0) is 4.74 Å². The maximum absolute atomic E-state index is 5.29. The van der Waals surface area contributed by atoms with Gasteiger partial charge in [-0.1, -0.05) is 6.58 Å². The molecule has 0 aromatic carbocycles. The first kappa shape index (κ1) is 9.55. The Bertz CT molecular complexity index is 141. The molecule has 0 amide bonds. The molecule has 12 heavy (non-hydrogen) atoms. The fourth-order valence-electron chi connectivity index (χ4n) is 1.37. The molecule has 0 saturated carbocycles. The van der Waals surface area contributed by atoms with Gasteiger partial charge in [-0.2, -0.15) is 0 Å². The van der Waals surface area contributed by atoms with Gasteiger partial charge in [-0.25, -0.2) is 0 Å². The van der Waals surface area contributed by atoms with Crippen molar-refractivity contribution in [2.24, 2.45) is 0 Å². The summed E-state index contributed by atoms with van der Waals surface area (Å²) in [5.74, 6) is 0.888. The van der Waals surface area contributed by atoms with Crippen LogP contribution in [0.25, 0.3) is 0 Å². The van der Waals surface area contributed by atoms with Crippen LogP contribution in [0, 0.1) is 0 Å².